The van der Waals surface area contributed by atoms with Crippen molar-refractivity contribution < 1.29 is 10.2 Å². The first kappa shape index (κ1) is 14.3. The summed E-state index contributed by atoms with van der Waals surface area (Å²) in [5.74, 6) is 1.24. The maximum absolute atomic E-state index is 10.1. The zero-order chi connectivity index (χ0) is 13.0. The number of hydrogen-bond acceptors (Lipinski definition) is 4. The Morgan fingerprint density at radius 2 is 1.72 bits per heavy atom. The van der Waals surface area contributed by atoms with Crippen LogP contribution in [0.5, 0.6) is 0 Å². The van der Waals surface area contributed by atoms with Crippen molar-refractivity contribution in [1.82, 2.24) is 9.80 Å². The minimum absolute atomic E-state index is 0.0864. The Labute approximate surface area is 111 Å². The second-order valence-corrected chi connectivity index (χ2v) is 6.11. The Bertz CT molecular complexity index is 242. The summed E-state index contributed by atoms with van der Waals surface area (Å²) in [6.07, 6.45) is 3.26. The molecule has 106 valence electrons. The van der Waals surface area contributed by atoms with Crippen molar-refractivity contribution in [2.24, 2.45) is 11.8 Å². The molecule has 0 spiro atoms. The lowest BCUT2D eigenvalue weighted by atomic mass is 9.80. The van der Waals surface area contributed by atoms with Gasteiger partial charge in [-0.1, -0.05) is 6.92 Å². The number of β-amino-alcohol motifs (C(OH)–C–C–N with tert-alkyl or cyclic N) is 1. The molecule has 2 fully saturated rings. The zero-order valence-electron chi connectivity index (χ0n) is 11.6. The van der Waals surface area contributed by atoms with Crippen molar-refractivity contribution >= 4 is 0 Å². The average Bonchev–Trinajstić information content (AvgIpc) is 2.37. The highest BCUT2D eigenvalue weighted by Crippen LogP contribution is 2.29. The second kappa shape index (κ2) is 6.85. The molecule has 1 heterocycles. The Morgan fingerprint density at radius 3 is 2.39 bits per heavy atom. The highest BCUT2D eigenvalue weighted by molar-refractivity contribution is 4.82. The largest absolute Gasteiger partial charge is 0.395 e. The van der Waals surface area contributed by atoms with Crippen LogP contribution in [0.1, 0.15) is 26.2 Å². The summed E-state index contributed by atoms with van der Waals surface area (Å²) in [5, 5.41) is 19.0. The van der Waals surface area contributed by atoms with Crippen LogP contribution >= 0.6 is 0 Å². The van der Waals surface area contributed by atoms with E-state index in [4.69, 9.17) is 5.11 Å². The lowest BCUT2D eigenvalue weighted by Crippen LogP contribution is -2.50. The van der Waals surface area contributed by atoms with Crippen LogP contribution in [0, 0.1) is 11.8 Å². The third-order valence-corrected chi connectivity index (χ3v) is 4.58. The van der Waals surface area contributed by atoms with E-state index in [1.54, 1.807) is 0 Å². The standard InChI is InChI=1S/C14H28N2O2/c1-12-2-3-14(18)13(10-12)11-16-6-4-15(5-7-16)8-9-17/h12-14,17-18H,2-11H2,1H3. The summed E-state index contributed by atoms with van der Waals surface area (Å²) < 4.78 is 0. The van der Waals surface area contributed by atoms with Gasteiger partial charge >= 0.3 is 0 Å². The monoisotopic (exact) mass is 256 g/mol. The van der Waals surface area contributed by atoms with Gasteiger partial charge < -0.3 is 15.1 Å². The molecule has 0 aromatic heterocycles. The predicted molar refractivity (Wildman–Crippen MR) is 72.5 cm³/mol. The van der Waals surface area contributed by atoms with Crippen LogP contribution < -0.4 is 0 Å². The first-order chi connectivity index (χ1) is 8.69. The van der Waals surface area contributed by atoms with Gasteiger partial charge in [0.15, 0.2) is 0 Å². The predicted octanol–water partition coefficient (Wildman–Crippen LogP) is 0.393. The first-order valence-electron chi connectivity index (χ1n) is 7.42. The highest BCUT2D eigenvalue weighted by Gasteiger charge is 2.29. The van der Waals surface area contributed by atoms with Crippen molar-refractivity contribution in [2.75, 3.05) is 45.9 Å². The van der Waals surface area contributed by atoms with E-state index in [-0.39, 0.29) is 12.7 Å². The van der Waals surface area contributed by atoms with Crippen LogP contribution in [0.15, 0.2) is 0 Å². The summed E-state index contributed by atoms with van der Waals surface area (Å²) in [4.78, 5) is 4.80. The van der Waals surface area contributed by atoms with E-state index in [0.29, 0.717) is 5.92 Å². The van der Waals surface area contributed by atoms with Gasteiger partial charge in [0.1, 0.15) is 0 Å². The molecule has 18 heavy (non-hydrogen) atoms. The van der Waals surface area contributed by atoms with E-state index in [0.717, 1.165) is 51.6 Å². The van der Waals surface area contributed by atoms with Gasteiger partial charge in [-0.15, -0.1) is 0 Å². The molecule has 1 aliphatic carbocycles. The van der Waals surface area contributed by atoms with Gasteiger partial charge in [-0.2, -0.15) is 0 Å². The average molecular weight is 256 g/mol. The van der Waals surface area contributed by atoms with Crippen molar-refractivity contribution in [1.29, 1.82) is 0 Å². The molecule has 4 heteroatoms. The molecule has 0 bridgehead atoms. The highest BCUT2D eigenvalue weighted by atomic mass is 16.3. The molecule has 3 atom stereocenters. The molecule has 1 aliphatic heterocycles. The van der Waals surface area contributed by atoms with E-state index < -0.39 is 0 Å². The number of hydrogen-bond donors (Lipinski definition) is 2. The van der Waals surface area contributed by atoms with E-state index >= 15 is 0 Å². The summed E-state index contributed by atoms with van der Waals surface area (Å²) in [6.45, 7) is 8.69. The molecule has 0 amide bonds. The van der Waals surface area contributed by atoms with Crippen molar-refractivity contribution in [3.05, 3.63) is 0 Å². The number of piperazine rings is 1. The number of rotatable bonds is 4. The second-order valence-electron chi connectivity index (χ2n) is 6.11. The molecule has 0 aromatic rings. The maximum Gasteiger partial charge on any atom is 0.0580 e. The molecule has 2 rings (SSSR count). The van der Waals surface area contributed by atoms with Crippen LogP contribution in [0.2, 0.25) is 0 Å². The van der Waals surface area contributed by atoms with E-state index in [1.807, 2.05) is 0 Å². The molecule has 1 saturated carbocycles. The molecule has 0 radical (unpaired) electrons. The van der Waals surface area contributed by atoms with Gasteiger partial charge in [0.25, 0.3) is 0 Å². The molecular weight excluding hydrogens is 228 g/mol. The van der Waals surface area contributed by atoms with E-state index in [1.165, 1.54) is 12.8 Å². The van der Waals surface area contributed by atoms with E-state index in [9.17, 15) is 5.11 Å². The lowest BCUT2D eigenvalue weighted by molar-refractivity contribution is 0.0182. The molecule has 0 aromatic carbocycles. The first-order valence-corrected chi connectivity index (χ1v) is 7.42. The molecular formula is C14H28N2O2. The van der Waals surface area contributed by atoms with Crippen LogP contribution in [0.3, 0.4) is 0 Å². The molecule has 4 nitrogen and oxygen atoms in total. The summed E-state index contributed by atoms with van der Waals surface area (Å²) in [7, 11) is 0. The number of nitrogens with zero attached hydrogens (tertiary/aromatic N) is 2. The van der Waals surface area contributed by atoms with Crippen LogP contribution in [0.25, 0.3) is 0 Å². The minimum Gasteiger partial charge on any atom is -0.395 e. The van der Waals surface area contributed by atoms with Gasteiger partial charge in [0.05, 0.1) is 12.7 Å². The number of aliphatic hydroxyl groups is 2. The van der Waals surface area contributed by atoms with Gasteiger partial charge in [-0.25, -0.2) is 0 Å². The molecule has 1 saturated heterocycles. The SMILES string of the molecule is CC1CCC(O)C(CN2CCN(CCO)CC2)C1. The third-order valence-electron chi connectivity index (χ3n) is 4.58. The van der Waals surface area contributed by atoms with Crippen molar-refractivity contribution in [3.63, 3.8) is 0 Å². The minimum atomic E-state index is -0.0864. The van der Waals surface area contributed by atoms with Crippen LogP contribution in [-0.4, -0.2) is 72.0 Å². The molecule has 2 aliphatic rings. The topological polar surface area (TPSA) is 46.9 Å². The van der Waals surface area contributed by atoms with Gasteiger partial charge in [0, 0.05) is 39.3 Å². The molecule has 3 unspecified atom stereocenters. The number of aliphatic hydroxyl groups excluding tert-OH is 2. The third kappa shape index (κ3) is 3.92. The Kier molecular flexibility index (Phi) is 5.42. The Hall–Kier alpha value is -0.160. The summed E-state index contributed by atoms with van der Waals surface area (Å²) in [6, 6.07) is 0. The van der Waals surface area contributed by atoms with Crippen LogP contribution in [0.4, 0.5) is 0 Å². The van der Waals surface area contributed by atoms with Crippen LogP contribution in [-0.2, 0) is 0 Å². The zero-order valence-corrected chi connectivity index (χ0v) is 11.6. The summed E-state index contributed by atoms with van der Waals surface area (Å²) >= 11 is 0. The fraction of sp³-hybridized carbons (Fsp3) is 1.00. The summed E-state index contributed by atoms with van der Waals surface area (Å²) in [5.41, 5.74) is 0. The lowest BCUT2D eigenvalue weighted by Gasteiger charge is -2.39. The fourth-order valence-corrected chi connectivity index (χ4v) is 3.35. The molecule has 2 N–H and O–H groups in total. The van der Waals surface area contributed by atoms with Crippen molar-refractivity contribution in [2.45, 2.75) is 32.3 Å². The van der Waals surface area contributed by atoms with Gasteiger partial charge in [-0.05, 0) is 31.1 Å². The van der Waals surface area contributed by atoms with Gasteiger partial charge in [0.2, 0.25) is 0 Å². The van der Waals surface area contributed by atoms with E-state index in [2.05, 4.69) is 16.7 Å². The quantitative estimate of drug-likeness (QED) is 0.764. The van der Waals surface area contributed by atoms with Gasteiger partial charge in [-0.3, -0.25) is 4.90 Å². The Balaban J connectivity index is 1.73. The smallest absolute Gasteiger partial charge is 0.0580 e. The normalized spacial score (nSPS) is 35.8. The maximum atomic E-state index is 10.1. The Morgan fingerprint density at radius 1 is 1.06 bits per heavy atom. The fourth-order valence-electron chi connectivity index (χ4n) is 3.35. The van der Waals surface area contributed by atoms with Crippen molar-refractivity contribution in [3.8, 4) is 0 Å².